The number of nitrogens with one attached hydrogen (secondary N) is 1. The van der Waals surface area contributed by atoms with Crippen LogP contribution in [0.25, 0.3) is 0 Å². The molecule has 3 rings (SSSR count). The molecule has 0 radical (unpaired) electrons. The Morgan fingerprint density at radius 2 is 2.09 bits per heavy atom. The van der Waals surface area contributed by atoms with Gasteiger partial charge in [-0.3, -0.25) is 14.1 Å². The summed E-state index contributed by atoms with van der Waals surface area (Å²) in [5, 5.41) is 8.12. The normalized spacial score (nSPS) is 11.6. The van der Waals surface area contributed by atoms with E-state index in [1.165, 1.54) is 22.6 Å². The molecule has 0 saturated carbocycles. The summed E-state index contributed by atoms with van der Waals surface area (Å²) >= 11 is 0. The van der Waals surface area contributed by atoms with Crippen molar-refractivity contribution in [2.24, 2.45) is 7.05 Å². The molecule has 8 heteroatoms. The smallest absolute Gasteiger partial charge is 0.266 e. The van der Waals surface area contributed by atoms with Crippen molar-refractivity contribution in [1.82, 2.24) is 19.6 Å². The van der Waals surface area contributed by atoms with Crippen molar-refractivity contribution in [2.45, 2.75) is 18.4 Å². The molecule has 0 aliphatic carbocycles. The second-order valence-electron chi connectivity index (χ2n) is 5.34. The summed E-state index contributed by atoms with van der Waals surface area (Å²) in [6.07, 6.45) is 4.47. The molecule has 0 spiro atoms. The minimum Gasteiger partial charge on any atom is -0.274 e. The topological polar surface area (TPSA) is 81.8 Å². The number of hydrogen-bond acceptors (Lipinski definition) is 4. The molecule has 7 nitrogen and oxygen atoms in total. The molecule has 0 aliphatic rings. The lowest BCUT2D eigenvalue weighted by Gasteiger charge is -2.04. The van der Waals surface area contributed by atoms with Crippen LogP contribution in [0, 0.1) is 6.92 Å². The molecule has 0 fully saturated rings. The van der Waals surface area contributed by atoms with Crippen LogP contribution >= 0.6 is 0 Å². The highest BCUT2D eigenvalue weighted by molar-refractivity contribution is 7.92. The van der Waals surface area contributed by atoms with Crippen molar-refractivity contribution in [2.75, 3.05) is 4.72 Å². The third kappa shape index (κ3) is 3.59. The standard InChI is InChI=1S/C15H17N5O2S/c1-12-4-3-5-13(8-12)10-20-7-6-15(17-20)18-23(21,22)14-9-16-19(2)11-14/h3-9,11H,10H2,1-2H3,(H,17,18). The summed E-state index contributed by atoms with van der Waals surface area (Å²) in [5.41, 5.74) is 2.28. The van der Waals surface area contributed by atoms with E-state index >= 15 is 0 Å². The molecule has 23 heavy (non-hydrogen) atoms. The molecule has 120 valence electrons. The number of benzene rings is 1. The maximum Gasteiger partial charge on any atom is 0.266 e. The van der Waals surface area contributed by atoms with Gasteiger partial charge in [0.05, 0.1) is 12.7 Å². The van der Waals surface area contributed by atoms with E-state index in [9.17, 15) is 8.42 Å². The molecule has 0 bridgehead atoms. The second-order valence-corrected chi connectivity index (χ2v) is 7.03. The summed E-state index contributed by atoms with van der Waals surface area (Å²) < 4.78 is 30.0. The highest BCUT2D eigenvalue weighted by atomic mass is 32.2. The minimum atomic E-state index is -3.67. The quantitative estimate of drug-likeness (QED) is 0.772. The largest absolute Gasteiger partial charge is 0.274 e. The number of hydrogen-bond donors (Lipinski definition) is 1. The van der Waals surface area contributed by atoms with Crippen LogP contribution < -0.4 is 4.72 Å². The number of sulfonamides is 1. The maximum atomic E-state index is 12.2. The van der Waals surface area contributed by atoms with Gasteiger partial charge in [-0.1, -0.05) is 29.8 Å². The molecule has 1 N–H and O–H groups in total. The monoisotopic (exact) mass is 331 g/mol. The van der Waals surface area contributed by atoms with E-state index in [0.717, 1.165) is 5.56 Å². The van der Waals surface area contributed by atoms with Gasteiger partial charge in [0.2, 0.25) is 0 Å². The van der Waals surface area contributed by atoms with Gasteiger partial charge in [-0.15, -0.1) is 0 Å². The zero-order valence-corrected chi connectivity index (χ0v) is 13.7. The van der Waals surface area contributed by atoms with E-state index in [1.807, 2.05) is 25.1 Å². The Labute approximate surface area is 134 Å². The molecule has 1 aromatic carbocycles. The molecule has 0 unspecified atom stereocenters. The third-order valence-electron chi connectivity index (χ3n) is 3.30. The van der Waals surface area contributed by atoms with Crippen LogP contribution in [0.3, 0.4) is 0 Å². The molecule has 3 aromatic rings. The van der Waals surface area contributed by atoms with Crippen LogP contribution in [0.5, 0.6) is 0 Å². The van der Waals surface area contributed by atoms with Gasteiger partial charge >= 0.3 is 0 Å². The van der Waals surface area contributed by atoms with Gasteiger partial charge in [0.25, 0.3) is 10.0 Å². The molecule has 0 amide bonds. The van der Waals surface area contributed by atoms with Crippen LogP contribution in [0.4, 0.5) is 5.82 Å². The van der Waals surface area contributed by atoms with Crippen LogP contribution in [-0.4, -0.2) is 28.0 Å². The Balaban J connectivity index is 1.74. The first-order valence-corrected chi connectivity index (χ1v) is 8.51. The van der Waals surface area contributed by atoms with E-state index in [2.05, 4.69) is 21.0 Å². The highest BCUT2D eigenvalue weighted by Crippen LogP contribution is 2.14. The van der Waals surface area contributed by atoms with E-state index in [-0.39, 0.29) is 10.7 Å². The maximum absolute atomic E-state index is 12.2. The first-order valence-electron chi connectivity index (χ1n) is 7.03. The molecule has 0 aliphatic heterocycles. The summed E-state index contributed by atoms with van der Waals surface area (Å²) in [5.74, 6) is 0.279. The van der Waals surface area contributed by atoms with Crippen LogP contribution in [0.15, 0.2) is 53.8 Å². The van der Waals surface area contributed by atoms with Crippen LogP contribution in [0.2, 0.25) is 0 Å². The van der Waals surface area contributed by atoms with E-state index in [4.69, 9.17) is 0 Å². The van der Waals surface area contributed by atoms with Crippen molar-refractivity contribution in [3.05, 3.63) is 60.0 Å². The SMILES string of the molecule is Cc1cccc(Cn2ccc(NS(=O)(=O)c3cnn(C)c3)n2)c1. The lowest BCUT2D eigenvalue weighted by Crippen LogP contribution is -2.13. The van der Waals surface area contributed by atoms with Gasteiger partial charge in [0.15, 0.2) is 5.82 Å². The number of aromatic nitrogens is 4. The Kier molecular flexibility index (Phi) is 3.91. The van der Waals surface area contributed by atoms with Crippen molar-refractivity contribution < 1.29 is 8.42 Å². The predicted molar refractivity (Wildman–Crippen MR) is 86.5 cm³/mol. The van der Waals surface area contributed by atoms with Gasteiger partial charge in [-0.25, -0.2) is 8.42 Å². The summed E-state index contributed by atoms with van der Waals surface area (Å²) in [4.78, 5) is 0.105. The molecule has 2 heterocycles. The zero-order chi connectivity index (χ0) is 16.4. The van der Waals surface area contributed by atoms with Crippen molar-refractivity contribution >= 4 is 15.8 Å². The lowest BCUT2D eigenvalue weighted by atomic mass is 10.1. The summed E-state index contributed by atoms with van der Waals surface area (Å²) in [6.45, 7) is 2.61. The first kappa shape index (κ1) is 15.3. The summed E-state index contributed by atoms with van der Waals surface area (Å²) in [7, 11) is -2.01. The molecular formula is C15H17N5O2S. The van der Waals surface area contributed by atoms with E-state index in [1.54, 1.807) is 24.0 Å². The second kappa shape index (κ2) is 5.88. The average molecular weight is 331 g/mol. The molecule has 0 saturated heterocycles. The van der Waals surface area contributed by atoms with Gasteiger partial charge in [0.1, 0.15) is 4.90 Å². The first-order chi connectivity index (χ1) is 10.9. The molecule has 0 atom stereocenters. The van der Waals surface area contributed by atoms with Gasteiger partial charge in [0, 0.05) is 25.5 Å². The fourth-order valence-corrected chi connectivity index (χ4v) is 3.22. The van der Waals surface area contributed by atoms with E-state index < -0.39 is 10.0 Å². The minimum absolute atomic E-state index is 0.105. The Morgan fingerprint density at radius 1 is 1.26 bits per heavy atom. The number of anilines is 1. The molecule has 2 aromatic heterocycles. The number of nitrogens with zero attached hydrogens (tertiary/aromatic N) is 4. The Hall–Kier alpha value is -2.61. The van der Waals surface area contributed by atoms with Crippen LogP contribution in [0.1, 0.15) is 11.1 Å². The third-order valence-corrected chi connectivity index (χ3v) is 4.61. The fourth-order valence-electron chi connectivity index (χ4n) is 2.24. The number of rotatable bonds is 5. The van der Waals surface area contributed by atoms with E-state index in [0.29, 0.717) is 6.54 Å². The average Bonchev–Trinajstić information content (AvgIpc) is 3.08. The van der Waals surface area contributed by atoms with Gasteiger partial charge in [-0.2, -0.15) is 10.2 Å². The van der Waals surface area contributed by atoms with Crippen molar-refractivity contribution in [3.8, 4) is 0 Å². The predicted octanol–water partition coefficient (Wildman–Crippen LogP) is 1.77. The van der Waals surface area contributed by atoms with Gasteiger partial charge in [-0.05, 0) is 12.5 Å². The Bertz CT molecular complexity index is 927. The fraction of sp³-hybridized carbons (Fsp3) is 0.200. The number of aryl methyl sites for hydroxylation is 2. The lowest BCUT2D eigenvalue weighted by molar-refractivity contribution is 0.600. The zero-order valence-electron chi connectivity index (χ0n) is 12.8. The van der Waals surface area contributed by atoms with Crippen molar-refractivity contribution in [1.29, 1.82) is 0 Å². The molecular weight excluding hydrogens is 314 g/mol. The Morgan fingerprint density at radius 3 is 2.78 bits per heavy atom. The van der Waals surface area contributed by atoms with Crippen molar-refractivity contribution in [3.63, 3.8) is 0 Å². The van der Waals surface area contributed by atoms with Gasteiger partial charge < -0.3 is 0 Å². The van der Waals surface area contributed by atoms with Crippen LogP contribution in [-0.2, 0) is 23.6 Å². The highest BCUT2D eigenvalue weighted by Gasteiger charge is 2.17. The summed E-state index contributed by atoms with van der Waals surface area (Å²) in [6, 6.07) is 9.72.